The van der Waals surface area contributed by atoms with Gasteiger partial charge >= 0.3 is 0 Å². The van der Waals surface area contributed by atoms with E-state index in [2.05, 4.69) is 17.2 Å². The summed E-state index contributed by atoms with van der Waals surface area (Å²) in [5.74, 6) is 5.83. The van der Waals surface area contributed by atoms with E-state index in [4.69, 9.17) is 4.74 Å². The van der Waals surface area contributed by atoms with Crippen molar-refractivity contribution in [2.45, 2.75) is 32.2 Å². The smallest absolute Gasteiger partial charge is 0.0620 e. The standard InChI is InChI=1S/C10H17NO/c1-2-3-4-8-12-9-10-6-5-7-11-10/h10-11H,4-9H2,1H3. The van der Waals surface area contributed by atoms with E-state index >= 15 is 0 Å². The molecule has 2 heteroatoms. The third-order valence-corrected chi connectivity index (χ3v) is 2.03. The molecule has 1 heterocycles. The summed E-state index contributed by atoms with van der Waals surface area (Å²) in [5, 5.41) is 3.39. The molecular formula is C10H17NO. The maximum Gasteiger partial charge on any atom is 0.0620 e. The van der Waals surface area contributed by atoms with Crippen molar-refractivity contribution in [1.82, 2.24) is 5.32 Å². The highest BCUT2D eigenvalue weighted by Crippen LogP contribution is 2.04. The Balaban J connectivity index is 1.90. The molecule has 0 aromatic rings. The summed E-state index contributed by atoms with van der Waals surface area (Å²) < 4.78 is 5.45. The second kappa shape index (κ2) is 6.05. The van der Waals surface area contributed by atoms with Crippen LogP contribution in [0.4, 0.5) is 0 Å². The fourth-order valence-corrected chi connectivity index (χ4v) is 1.37. The quantitative estimate of drug-likeness (QED) is 0.501. The first-order valence-electron chi connectivity index (χ1n) is 4.64. The molecule has 12 heavy (non-hydrogen) atoms. The lowest BCUT2D eigenvalue weighted by atomic mass is 10.2. The highest BCUT2D eigenvalue weighted by molar-refractivity contribution is 4.94. The summed E-state index contributed by atoms with van der Waals surface area (Å²) in [6, 6.07) is 0.597. The van der Waals surface area contributed by atoms with Gasteiger partial charge in [0, 0.05) is 12.5 Å². The van der Waals surface area contributed by atoms with E-state index in [1.54, 1.807) is 0 Å². The predicted octanol–water partition coefficient (Wildman–Crippen LogP) is 1.17. The molecule has 2 nitrogen and oxygen atoms in total. The lowest BCUT2D eigenvalue weighted by Crippen LogP contribution is -2.26. The molecule has 1 aliphatic rings. The minimum Gasteiger partial charge on any atom is -0.379 e. The first-order valence-corrected chi connectivity index (χ1v) is 4.64. The average Bonchev–Trinajstić information content (AvgIpc) is 2.57. The molecule has 0 spiro atoms. The molecule has 1 unspecified atom stereocenters. The summed E-state index contributed by atoms with van der Waals surface area (Å²) in [4.78, 5) is 0. The van der Waals surface area contributed by atoms with E-state index < -0.39 is 0 Å². The lowest BCUT2D eigenvalue weighted by molar-refractivity contribution is 0.121. The monoisotopic (exact) mass is 167 g/mol. The predicted molar refractivity (Wildman–Crippen MR) is 49.9 cm³/mol. The highest BCUT2D eigenvalue weighted by atomic mass is 16.5. The third-order valence-electron chi connectivity index (χ3n) is 2.03. The summed E-state index contributed by atoms with van der Waals surface area (Å²) in [7, 11) is 0. The molecule has 0 amide bonds. The summed E-state index contributed by atoms with van der Waals surface area (Å²) >= 11 is 0. The Bertz CT molecular complexity index is 162. The molecular weight excluding hydrogens is 150 g/mol. The van der Waals surface area contributed by atoms with Gasteiger partial charge in [-0.1, -0.05) is 0 Å². The molecule has 1 N–H and O–H groups in total. The minimum atomic E-state index is 0.597. The molecule has 0 aromatic heterocycles. The van der Waals surface area contributed by atoms with E-state index in [1.165, 1.54) is 12.8 Å². The van der Waals surface area contributed by atoms with Crippen LogP contribution in [0.25, 0.3) is 0 Å². The highest BCUT2D eigenvalue weighted by Gasteiger charge is 2.12. The van der Waals surface area contributed by atoms with Gasteiger partial charge in [0.15, 0.2) is 0 Å². The van der Waals surface area contributed by atoms with Crippen molar-refractivity contribution in [1.29, 1.82) is 0 Å². The van der Waals surface area contributed by atoms with E-state index in [-0.39, 0.29) is 0 Å². The van der Waals surface area contributed by atoms with Crippen molar-refractivity contribution in [2.24, 2.45) is 0 Å². The zero-order chi connectivity index (χ0) is 8.65. The molecule has 1 fully saturated rings. The van der Waals surface area contributed by atoms with Crippen molar-refractivity contribution >= 4 is 0 Å². The van der Waals surface area contributed by atoms with Gasteiger partial charge in [0.2, 0.25) is 0 Å². The Kier molecular flexibility index (Phi) is 4.82. The second-order valence-corrected chi connectivity index (χ2v) is 3.04. The van der Waals surface area contributed by atoms with Gasteiger partial charge in [-0.25, -0.2) is 0 Å². The Morgan fingerprint density at radius 2 is 2.50 bits per heavy atom. The first-order chi connectivity index (χ1) is 5.93. The SMILES string of the molecule is CC#CCCOCC1CCCN1. The summed E-state index contributed by atoms with van der Waals surface area (Å²) in [6.07, 6.45) is 3.42. The normalized spacial score (nSPS) is 21.9. The zero-order valence-corrected chi connectivity index (χ0v) is 7.73. The van der Waals surface area contributed by atoms with E-state index in [0.717, 1.165) is 26.2 Å². The molecule has 0 radical (unpaired) electrons. The number of hydrogen-bond acceptors (Lipinski definition) is 2. The first kappa shape index (κ1) is 9.57. The molecule has 0 saturated carbocycles. The Morgan fingerprint density at radius 3 is 3.17 bits per heavy atom. The van der Waals surface area contributed by atoms with Crippen LogP contribution in [0, 0.1) is 11.8 Å². The van der Waals surface area contributed by atoms with E-state index in [0.29, 0.717) is 6.04 Å². The van der Waals surface area contributed by atoms with Gasteiger partial charge in [0.05, 0.1) is 13.2 Å². The van der Waals surface area contributed by atoms with E-state index in [1.807, 2.05) is 6.92 Å². The fraction of sp³-hybridized carbons (Fsp3) is 0.800. The minimum absolute atomic E-state index is 0.597. The fourth-order valence-electron chi connectivity index (χ4n) is 1.37. The molecule has 1 saturated heterocycles. The number of ether oxygens (including phenoxy) is 1. The van der Waals surface area contributed by atoms with Gasteiger partial charge in [-0.15, -0.1) is 11.8 Å². The molecule has 1 rings (SSSR count). The Morgan fingerprint density at radius 1 is 1.58 bits per heavy atom. The van der Waals surface area contributed by atoms with Crippen LogP contribution in [0.2, 0.25) is 0 Å². The Hall–Kier alpha value is -0.520. The van der Waals surface area contributed by atoms with Gasteiger partial charge in [-0.05, 0) is 26.3 Å². The lowest BCUT2D eigenvalue weighted by Gasteiger charge is -2.09. The van der Waals surface area contributed by atoms with Crippen molar-refractivity contribution in [3.05, 3.63) is 0 Å². The number of hydrogen-bond donors (Lipinski definition) is 1. The van der Waals surface area contributed by atoms with Crippen LogP contribution in [0.15, 0.2) is 0 Å². The molecule has 0 aliphatic carbocycles. The van der Waals surface area contributed by atoms with Gasteiger partial charge in [0.25, 0.3) is 0 Å². The van der Waals surface area contributed by atoms with Crippen molar-refractivity contribution in [3.63, 3.8) is 0 Å². The average molecular weight is 167 g/mol. The summed E-state index contributed by atoms with van der Waals surface area (Å²) in [6.45, 7) is 4.64. The van der Waals surface area contributed by atoms with Gasteiger partial charge < -0.3 is 10.1 Å². The molecule has 68 valence electrons. The van der Waals surface area contributed by atoms with Gasteiger partial charge in [-0.3, -0.25) is 0 Å². The van der Waals surface area contributed by atoms with Crippen LogP contribution in [-0.2, 0) is 4.74 Å². The molecule has 0 bridgehead atoms. The van der Waals surface area contributed by atoms with Crippen LogP contribution in [0.1, 0.15) is 26.2 Å². The molecule has 1 atom stereocenters. The maximum atomic E-state index is 5.45. The second-order valence-electron chi connectivity index (χ2n) is 3.04. The maximum absolute atomic E-state index is 5.45. The topological polar surface area (TPSA) is 21.3 Å². The van der Waals surface area contributed by atoms with Crippen molar-refractivity contribution in [2.75, 3.05) is 19.8 Å². The van der Waals surface area contributed by atoms with Gasteiger partial charge in [0.1, 0.15) is 0 Å². The van der Waals surface area contributed by atoms with Crippen molar-refractivity contribution in [3.8, 4) is 11.8 Å². The third kappa shape index (κ3) is 3.75. The van der Waals surface area contributed by atoms with Crippen LogP contribution >= 0.6 is 0 Å². The van der Waals surface area contributed by atoms with Crippen LogP contribution in [0.5, 0.6) is 0 Å². The molecule has 1 aliphatic heterocycles. The summed E-state index contributed by atoms with van der Waals surface area (Å²) in [5.41, 5.74) is 0. The Labute approximate surface area is 74.7 Å². The zero-order valence-electron chi connectivity index (χ0n) is 7.73. The van der Waals surface area contributed by atoms with Crippen molar-refractivity contribution < 1.29 is 4.74 Å². The van der Waals surface area contributed by atoms with Crippen LogP contribution in [0.3, 0.4) is 0 Å². The van der Waals surface area contributed by atoms with Crippen LogP contribution in [-0.4, -0.2) is 25.8 Å². The largest absolute Gasteiger partial charge is 0.379 e. The number of nitrogens with one attached hydrogen (secondary N) is 1. The van der Waals surface area contributed by atoms with E-state index in [9.17, 15) is 0 Å². The van der Waals surface area contributed by atoms with Gasteiger partial charge in [-0.2, -0.15) is 0 Å². The number of rotatable bonds is 4. The molecule has 0 aromatic carbocycles. The van der Waals surface area contributed by atoms with Crippen LogP contribution < -0.4 is 5.32 Å².